The average molecular weight is 619 g/mol. The molecule has 5 rings (SSSR count). The second kappa shape index (κ2) is 13.2. The SMILES string of the molecule is C=CC(=O)Nc1cc(Nc2ncnc(N3CC(C)(C)c4nc(-c5ccc(C#N)cc5)ccc43)n2)c(OC)cc1N(C)CCN(C)C. The molecule has 2 N–H and O–H groups in total. The molecule has 0 spiro atoms. The number of nitrogens with one attached hydrogen (secondary N) is 2. The van der Waals surface area contributed by atoms with Gasteiger partial charge >= 0.3 is 0 Å². The minimum atomic E-state index is -0.327. The molecule has 0 unspecified atom stereocenters. The van der Waals surface area contributed by atoms with Gasteiger partial charge in [0.2, 0.25) is 17.8 Å². The largest absolute Gasteiger partial charge is 0.494 e. The molecule has 3 heterocycles. The summed E-state index contributed by atoms with van der Waals surface area (Å²) in [5, 5.41) is 15.3. The summed E-state index contributed by atoms with van der Waals surface area (Å²) in [6.07, 6.45) is 2.70. The molecule has 0 fully saturated rings. The summed E-state index contributed by atoms with van der Waals surface area (Å²) in [6, 6.07) is 17.2. The monoisotopic (exact) mass is 618 g/mol. The molecule has 2 aromatic heterocycles. The summed E-state index contributed by atoms with van der Waals surface area (Å²) in [6.45, 7) is 10.0. The maximum atomic E-state index is 12.4. The summed E-state index contributed by atoms with van der Waals surface area (Å²) >= 11 is 0. The van der Waals surface area contributed by atoms with Crippen molar-refractivity contribution < 1.29 is 9.53 Å². The van der Waals surface area contributed by atoms with Gasteiger partial charge in [0.05, 0.1) is 52.9 Å². The van der Waals surface area contributed by atoms with Crippen molar-refractivity contribution in [2.45, 2.75) is 19.3 Å². The Hall–Kier alpha value is -5.54. The van der Waals surface area contributed by atoms with Crippen molar-refractivity contribution in [2.75, 3.05) is 68.3 Å². The zero-order valence-electron chi connectivity index (χ0n) is 27.0. The third-order valence-corrected chi connectivity index (χ3v) is 7.77. The van der Waals surface area contributed by atoms with Crippen LogP contribution in [-0.4, -0.2) is 78.6 Å². The Labute approximate surface area is 269 Å². The minimum absolute atomic E-state index is 0.284. The van der Waals surface area contributed by atoms with Crippen LogP contribution < -0.4 is 25.2 Å². The van der Waals surface area contributed by atoms with Crippen LogP contribution in [0.15, 0.2) is 67.5 Å². The summed E-state index contributed by atoms with van der Waals surface area (Å²) in [7, 11) is 7.58. The molecular weight excluding hydrogens is 580 g/mol. The van der Waals surface area contributed by atoms with Gasteiger partial charge in [0.25, 0.3) is 0 Å². The van der Waals surface area contributed by atoms with Crippen LogP contribution in [0.1, 0.15) is 25.1 Å². The fourth-order valence-electron chi connectivity index (χ4n) is 5.28. The topological polar surface area (TPSA) is 135 Å². The Kier molecular flexibility index (Phi) is 9.16. The van der Waals surface area contributed by atoms with Gasteiger partial charge in [-0.2, -0.15) is 10.2 Å². The third kappa shape index (κ3) is 6.74. The predicted molar refractivity (Wildman–Crippen MR) is 181 cm³/mol. The molecular formula is C34H38N10O2. The Balaban J connectivity index is 1.46. The number of aromatic nitrogens is 4. The fraction of sp³-hybridized carbons (Fsp3) is 0.294. The first-order valence-corrected chi connectivity index (χ1v) is 14.8. The second-order valence-electron chi connectivity index (χ2n) is 11.9. The Bertz CT molecular complexity index is 1800. The molecule has 236 valence electrons. The third-order valence-electron chi connectivity index (χ3n) is 7.77. The fourth-order valence-corrected chi connectivity index (χ4v) is 5.28. The number of carbonyl (C=O) groups excluding carboxylic acids is 1. The molecule has 46 heavy (non-hydrogen) atoms. The number of hydrogen-bond acceptors (Lipinski definition) is 11. The van der Waals surface area contributed by atoms with Crippen LogP contribution in [-0.2, 0) is 10.2 Å². The summed E-state index contributed by atoms with van der Waals surface area (Å²) < 4.78 is 5.75. The number of benzene rings is 2. The first-order valence-electron chi connectivity index (χ1n) is 14.8. The highest BCUT2D eigenvalue weighted by atomic mass is 16.5. The number of anilines is 6. The van der Waals surface area contributed by atoms with E-state index in [1.165, 1.54) is 12.4 Å². The van der Waals surface area contributed by atoms with Gasteiger partial charge in [-0.1, -0.05) is 32.6 Å². The van der Waals surface area contributed by atoms with E-state index in [-0.39, 0.29) is 11.3 Å². The predicted octanol–water partition coefficient (Wildman–Crippen LogP) is 5.11. The highest BCUT2D eigenvalue weighted by Gasteiger charge is 2.39. The molecule has 2 aromatic carbocycles. The van der Waals surface area contributed by atoms with Crippen molar-refractivity contribution in [1.82, 2.24) is 24.8 Å². The zero-order valence-corrected chi connectivity index (χ0v) is 27.0. The normalized spacial score (nSPS) is 13.1. The van der Waals surface area contributed by atoms with Gasteiger partial charge in [0.1, 0.15) is 12.1 Å². The summed E-state index contributed by atoms with van der Waals surface area (Å²) in [5.41, 5.74) is 5.89. The number of fused-ring (bicyclic) bond motifs is 1. The van der Waals surface area contributed by atoms with Crippen LogP contribution in [0.25, 0.3) is 11.3 Å². The van der Waals surface area contributed by atoms with E-state index in [0.29, 0.717) is 41.1 Å². The Morgan fingerprint density at radius 1 is 1.09 bits per heavy atom. The average Bonchev–Trinajstić information content (AvgIpc) is 3.33. The summed E-state index contributed by atoms with van der Waals surface area (Å²) in [4.78, 5) is 37.2. The van der Waals surface area contributed by atoms with Crippen molar-refractivity contribution in [3.05, 3.63) is 78.8 Å². The van der Waals surface area contributed by atoms with E-state index in [1.54, 1.807) is 25.3 Å². The van der Waals surface area contributed by atoms with Crippen LogP contribution in [0.5, 0.6) is 5.75 Å². The molecule has 0 saturated heterocycles. The number of pyridine rings is 1. The molecule has 12 nitrogen and oxygen atoms in total. The quantitative estimate of drug-likeness (QED) is 0.217. The van der Waals surface area contributed by atoms with Gasteiger partial charge in [0, 0.05) is 43.7 Å². The smallest absolute Gasteiger partial charge is 0.247 e. The highest BCUT2D eigenvalue weighted by Crippen LogP contribution is 2.43. The molecule has 0 radical (unpaired) electrons. The number of nitriles is 1. The van der Waals surface area contributed by atoms with Crippen molar-refractivity contribution >= 4 is 40.6 Å². The maximum absolute atomic E-state index is 12.4. The van der Waals surface area contributed by atoms with Gasteiger partial charge in [0.15, 0.2) is 0 Å². The van der Waals surface area contributed by atoms with E-state index in [1.807, 2.05) is 56.4 Å². The number of amides is 1. The molecule has 1 aliphatic rings. The molecule has 4 aromatic rings. The molecule has 1 amide bonds. The summed E-state index contributed by atoms with van der Waals surface area (Å²) in [5.74, 6) is 1.01. The van der Waals surface area contributed by atoms with Crippen LogP contribution >= 0.6 is 0 Å². The lowest BCUT2D eigenvalue weighted by atomic mass is 9.91. The van der Waals surface area contributed by atoms with E-state index in [2.05, 4.69) is 56.9 Å². The molecule has 0 bridgehead atoms. The van der Waals surface area contributed by atoms with Crippen LogP contribution in [0.3, 0.4) is 0 Å². The number of carbonyl (C=O) groups is 1. The van der Waals surface area contributed by atoms with Gasteiger partial charge in [-0.05, 0) is 50.5 Å². The minimum Gasteiger partial charge on any atom is -0.494 e. The first-order chi connectivity index (χ1) is 22.0. The van der Waals surface area contributed by atoms with Crippen molar-refractivity contribution in [3.8, 4) is 23.1 Å². The number of methoxy groups -OCH3 is 1. The number of hydrogen-bond donors (Lipinski definition) is 2. The van der Waals surface area contributed by atoms with Gasteiger partial charge in [-0.15, -0.1) is 0 Å². The molecule has 1 aliphatic heterocycles. The van der Waals surface area contributed by atoms with Crippen molar-refractivity contribution in [3.63, 3.8) is 0 Å². The number of ether oxygens (including phenoxy) is 1. The highest BCUT2D eigenvalue weighted by molar-refractivity contribution is 6.02. The maximum Gasteiger partial charge on any atom is 0.247 e. The standard InChI is InChI=1S/C34H38N10O2/c1-8-30(45)38-25-17-26(29(46-7)18-28(25)43(6)16-15-42(4)5)40-32-36-21-37-33(41-32)44-20-34(2,3)31-27(44)14-13-24(39-31)23-11-9-22(19-35)10-12-23/h8-14,17-18,21H,1,15-16,20H2,2-7H3,(H,38,45)(H,36,37,40,41). The molecule has 0 saturated carbocycles. The van der Waals surface area contributed by atoms with Gasteiger partial charge < -0.3 is 30.1 Å². The Morgan fingerprint density at radius 3 is 2.52 bits per heavy atom. The second-order valence-corrected chi connectivity index (χ2v) is 11.9. The Morgan fingerprint density at radius 2 is 1.85 bits per heavy atom. The molecule has 0 atom stereocenters. The van der Waals surface area contributed by atoms with Gasteiger partial charge in [-0.3, -0.25) is 9.78 Å². The van der Waals surface area contributed by atoms with E-state index >= 15 is 0 Å². The first kappa shape index (κ1) is 31.9. The van der Waals surface area contributed by atoms with E-state index in [9.17, 15) is 4.79 Å². The lowest BCUT2D eigenvalue weighted by Gasteiger charge is -2.26. The van der Waals surface area contributed by atoms with Crippen LogP contribution in [0.2, 0.25) is 0 Å². The molecule has 0 aliphatic carbocycles. The number of likely N-dealkylation sites (N-methyl/N-ethyl adjacent to an activating group) is 2. The van der Waals surface area contributed by atoms with Gasteiger partial charge in [-0.25, -0.2) is 9.97 Å². The molecule has 12 heteroatoms. The lowest BCUT2D eigenvalue weighted by molar-refractivity contribution is -0.111. The van der Waals surface area contributed by atoms with Crippen molar-refractivity contribution in [1.29, 1.82) is 5.26 Å². The number of nitrogens with zero attached hydrogens (tertiary/aromatic N) is 8. The zero-order chi connectivity index (χ0) is 33.0. The van der Waals surface area contributed by atoms with E-state index < -0.39 is 0 Å². The van der Waals surface area contributed by atoms with Crippen molar-refractivity contribution in [2.24, 2.45) is 0 Å². The number of rotatable bonds is 11. The van der Waals surface area contributed by atoms with Crippen LogP contribution in [0, 0.1) is 11.3 Å². The van der Waals surface area contributed by atoms with E-state index in [0.717, 1.165) is 41.4 Å². The van der Waals surface area contributed by atoms with E-state index in [4.69, 9.17) is 20.0 Å². The lowest BCUT2D eigenvalue weighted by Crippen LogP contribution is -2.29. The van der Waals surface area contributed by atoms with Crippen LogP contribution in [0.4, 0.5) is 34.6 Å².